The SMILES string of the molecule is C/C=C/c1ccccc1/C=N\S(=O)(=O)c1ccc(C)cc1. The molecule has 0 saturated carbocycles. The summed E-state index contributed by atoms with van der Waals surface area (Å²) in [5, 5.41) is 0. The molecule has 0 fully saturated rings. The number of aryl methyl sites for hydroxylation is 1. The van der Waals surface area contributed by atoms with Gasteiger partial charge in [-0.15, -0.1) is 0 Å². The Hall–Kier alpha value is -2.20. The van der Waals surface area contributed by atoms with E-state index in [0.717, 1.165) is 16.7 Å². The molecule has 108 valence electrons. The highest BCUT2D eigenvalue weighted by Gasteiger charge is 2.11. The summed E-state index contributed by atoms with van der Waals surface area (Å²) in [4.78, 5) is 0.202. The summed E-state index contributed by atoms with van der Waals surface area (Å²) >= 11 is 0. The molecule has 0 aliphatic heterocycles. The molecule has 3 nitrogen and oxygen atoms in total. The first kappa shape index (κ1) is 15.2. The maximum Gasteiger partial charge on any atom is 0.282 e. The first-order valence-electron chi connectivity index (χ1n) is 6.61. The largest absolute Gasteiger partial charge is 0.282 e. The highest BCUT2D eigenvalue weighted by Crippen LogP contribution is 2.14. The van der Waals surface area contributed by atoms with Gasteiger partial charge >= 0.3 is 0 Å². The predicted molar refractivity (Wildman–Crippen MR) is 87.1 cm³/mol. The van der Waals surface area contributed by atoms with Crippen molar-refractivity contribution in [2.45, 2.75) is 18.7 Å². The molecule has 0 aliphatic carbocycles. The molecular formula is C17H17NO2S. The van der Waals surface area contributed by atoms with E-state index >= 15 is 0 Å². The van der Waals surface area contributed by atoms with Crippen LogP contribution in [0.4, 0.5) is 0 Å². The number of sulfonamides is 1. The van der Waals surface area contributed by atoms with Gasteiger partial charge < -0.3 is 0 Å². The highest BCUT2D eigenvalue weighted by atomic mass is 32.2. The Bertz CT molecular complexity index is 773. The average molecular weight is 299 g/mol. The lowest BCUT2D eigenvalue weighted by Gasteiger charge is -2.01. The van der Waals surface area contributed by atoms with E-state index in [1.54, 1.807) is 24.3 Å². The van der Waals surface area contributed by atoms with Gasteiger partial charge in [0.2, 0.25) is 0 Å². The van der Waals surface area contributed by atoms with Gasteiger partial charge in [0.15, 0.2) is 0 Å². The average Bonchev–Trinajstić information content (AvgIpc) is 2.47. The van der Waals surface area contributed by atoms with E-state index in [1.807, 2.05) is 50.3 Å². The number of nitrogens with zero attached hydrogens (tertiary/aromatic N) is 1. The molecule has 0 unspecified atom stereocenters. The highest BCUT2D eigenvalue weighted by molar-refractivity contribution is 7.90. The summed E-state index contributed by atoms with van der Waals surface area (Å²) in [6, 6.07) is 14.2. The maximum absolute atomic E-state index is 12.2. The van der Waals surface area contributed by atoms with Gasteiger partial charge in [0.05, 0.1) is 4.90 Å². The molecule has 0 spiro atoms. The van der Waals surface area contributed by atoms with Crippen molar-refractivity contribution in [3.63, 3.8) is 0 Å². The third kappa shape index (κ3) is 3.89. The van der Waals surface area contributed by atoms with Gasteiger partial charge in [-0.25, -0.2) is 0 Å². The molecule has 0 aromatic heterocycles. The predicted octanol–water partition coefficient (Wildman–Crippen LogP) is 3.84. The molecule has 0 saturated heterocycles. The van der Waals surface area contributed by atoms with Crippen molar-refractivity contribution in [2.75, 3.05) is 0 Å². The second kappa shape index (κ2) is 6.50. The van der Waals surface area contributed by atoms with Crippen LogP contribution in [0.25, 0.3) is 6.08 Å². The van der Waals surface area contributed by atoms with Crippen LogP contribution in [0.2, 0.25) is 0 Å². The van der Waals surface area contributed by atoms with E-state index < -0.39 is 10.0 Å². The van der Waals surface area contributed by atoms with E-state index in [-0.39, 0.29) is 4.90 Å². The van der Waals surface area contributed by atoms with Crippen molar-refractivity contribution >= 4 is 22.3 Å². The number of allylic oxidation sites excluding steroid dienone is 1. The topological polar surface area (TPSA) is 46.5 Å². The fourth-order valence-electron chi connectivity index (χ4n) is 1.86. The summed E-state index contributed by atoms with van der Waals surface area (Å²) in [5.74, 6) is 0. The molecule has 0 bridgehead atoms. The van der Waals surface area contributed by atoms with Gasteiger partial charge in [-0.05, 0) is 31.5 Å². The van der Waals surface area contributed by atoms with E-state index in [1.165, 1.54) is 6.21 Å². The van der Waals surface area contributed by atoms with Crippen LogP contribution in [0.3, 0.4) is 0 Å². The summed E-state index contributed by atoms with van der Waals surface area (Å²) < 4.78 is 28.1. The van der Waals surface area contributed by atoms with Crippen molar-refractivity contribution in [2.24, 2.45) is 4.40 Å². The summed E-state index contributed by atoms with van der Waals surface area (Å²) in [5.41, 5.74) is 2.71. The van der Waals surface area contributed by atoms with Crippen molar-refractivity contribution in [3.8, 4) is 0 Å². The van der Waals surface area contributed by atoms with Gasteiger partial charge in [-0.1, -0.05) is 54.1 Å². The fraction of sp³-hybridized carbons (Fsp3) is 0.118. The van der Waals surface area contributed by atoms with Crippen molar-refractivity contribution < 1.29 is 8.42 Å². The molecule has 0 heterocycles. The molecule has 2 aromatic carbocycles. The molecule has 21 heavy (non-hydrogen) atoms. The van der Waals surface area contributed by atoms with Crippen LogP contribution in [-0.2, 0) is 10.0 Å². The molecular weight excluding hydrogens is 282 g/mol. The third-order valence-corrected chi connectivity index (χ3v) is 4.24. The second-order valence-electron chi connectivity index (χ2n) is 4.65. The Labute approximate surface area is 125 Å². The van der Waals surface area contributed by atoms with Crippen LogP contribution < -0.4 is 0 Å². The number of rotatable bonds is 4. The molecule has 0 N–H and O–H groups in total. The maximum atomic E-state index is 12.2. The minimum atomic E-state index is -3.66. The summed E-state index contributed by atoms with van der Waals surface area (Å²) in [6.45, 7) is 3.82. The number of hydrogen-bond donors (Lipinski definition) is 0. The smallest absolute Gasteiger partial charge is 0.199 e. The molecule has 4 heteroatoms. The fourth-order valence-corrected chi connectivity index (χ4v) is 2.71. The molecule has 2 rings (SSSR count). The van der Waals surface area contributed by atoms with E-state index in [2.05, 4.69) is 4.40 Å². The van der Waals surface area contributed by atoms with E-state index in [9.17, 15) is 8.42 Å². The number of benzene rings is 2. The first-order chi connectivity index (χ1) is 10.0. The third-order valence-electron chi connectivity index (χ3n) is 2.99. The normalized spacial score (nSPS) is 12.3. The Kier molecular flexibility index (Phi) is 4.70. The van der Waals surface area contributed by atoms with Gasteiger partial charge in [0, 0.05) is 11.8 Å². The van der Waals surface area contributed by atoms with Gasteiger partial charge in [-0.2, -0.15) is 12.8 Å². The second-order valence-corrected chi connectivity index (χ2v) is 6.28. The monoisotopic (exact) mass is 299 g/mol. The molecule has 0 amide bonds. The van der Waals surface area contributed by atoms with Crippen LogP contribution in [-0.4, -0.2) is 14.6 Å². The molecule has 0 aliphatic rings. The Morgan fingerprint density at radius 3 is 2.19 bits per heavy atom. The standard InChI is InChI=1S/C17H17NO2S/c1-3-6-15-7-4-5-8-16(15)13-18-21(19,20)17-11-9-14(2)10-12-17/h3-13H,1-2H3/b6-3+,18-13-. The summed E-state index contributed by atoms with van der Waals surface area (Å²) in [7, 11) is -3.66. The van der Waals surface area contributed by atoms with Gasteiger partial charge in [-0.3, -0.25) is 0 Å². The Morgan fingerprint density at radius 1 is 0.952 bits per heavy atom. The zero-order chi connectivity index (χ0) is 15.3. The van der Waals surface area contributed by atoms with Gasteiger partial charge in [0.25, 0.3) is 10.0 Å². The minimum Gasteiger partial charge on any atom is -0.199 e. The lowest BCUT2D eigenvalue weighted by Crippen LogP contribution is -1.98. The molecule has 0 radical (unpaired) electrons. The summed E-state index contributed by atoms with van der Waals surface area (Å²) in [6.07, 6.45) is 5.21. The van der Waals surface area contributed by atoms with Crippen LogP contribution in [0.5, 0.6) is 0 Å². The zero-order valence-electron chi connectivity index (χ0n) is 12.0. The lowest BCUT2D eigenvalue weighted by atomic mass is 10.1. The van der Waals surface area contributed by atoms with Crippen molar-refractivity contribution in [3.05, 3.63) is 71.3 Å². The number of hydrogen-bond acceptors (Lipinski definition) is 2. The van der Waals surface area contributed by atoms with Crippen LogP contribution >= 0.6 is 0 Å². The lowest BCUT2D eigenvalue weighted by molar-refractivity contribution is 0.598. The Morgan fingerprint density at radius 2 is 1.57 bits per heavy atom. The van der Waals surface area contributed by atoms with E-state index in [4.69, 9.17) is 0 Å². The molecule has 0 atom stereocenters. The quantitative estimate of drug-likeness (QED) is 0.805. The molecule has 2 aromatic rings. The van der Waals surface area contributed by atoms with Gasteiger partial charge in [0.1, 0.15) is 0 Å². The van der Waals surface area contributed by atoms with Crippen molar-refractivity contribution in [1.29, 1.82) is 0 Å². The van der Waals surface area contributed by atoms with Crippen LogP contribution in [0, 0.1) is 6.92 Å². The Balaban J connectivity index is 2.34. The zero-order valence-corrected chi connectivity index (χ0v) is 12.8. The van der Waals surface area contributed by atoms with E-state index in [0.29, 0.717) is 0 Å². The minimum absolute atomic E-state index is 0.202. The van der Waals surface area contributed by atoms with Crippen molar-refractivity contribution in [1.82, 2.24) is 0 Å². The van der Waals surface area contributed by atoms with Crippen LogP contribution in [0.15, 0.2) is 63.9 Å². The first-order valence-corrected chi connectivity index (χ1v) is 8.06. The van der Waals surface area contributed by atoms with Crippen LogP contribution in [0.1, 0.15) is 23.6 Å².